The lowest BCUT2D eigenvalue weighted by Crippen LogP contribution is -2.30. The van der Waals surface area contributed by atoms with Crippen molar-refractivity contribution < 1.29 is 52.2 Å². The number of phosphoric ester groups is 1. The van der Waals surface area contributed by atoms with E-state index in [0.717, 1.165) is 141 Å². The van der Waals surface area contributed by atoms with Crippen molar-refractivity contribution in [2.24, 2.45) is 0 Å². The third-order valence-corrected chi connectivity index (χ3v) is 12.4. The lowest BCUT2D eigenvalue weighted by molar-refractivity contribution is -0.161. The Morgan fingerprint density at radius 3 is 1.05 bits per heavy atom. The van der Waals surface area contributed by atoms with E-state index in [9.17, 15) is 28.9 Å². The highest BCUT2D eigenvalue weighted by atomic mass is 31.2. The molecule has 0 aliphatic heterocycles. The van der Waals surface area contributed by atoms with Gasteiger partial charge in [0, 0.05) is 19.3 Å². The molecule has 78 heavy (non-hydrogen) atoms. The van der Waals surface area contributed by atoms with Crippen molar-refractivity contribution >= 4 is 25.7 Å². The van der Waals surface area contributed by atoms with Crippen molar-refractivity contribution in [3.63, 3.8) is 0 Å². The van der Waals surface area contributed by atoms with Gasteiger partial charge in [0.25, 0.3) is 0 Å². The van der Waals surface area contributed by atoms with E-state index in [4.69, 9.17) is 23.3 Å². The molecule has 0 aliphatic carbocycles. The summed E-state index contributed by atoms with van der Waals surface area (Å²) in [6, 6.07) is 0. The normalized spacial score (nSPS) is 14.5. The average molecular weight is 1100 g/mol. The molecule has 0 aliphatic rings. The molecule has 0 amide bonds. The number of phosphoric acid groups is 1. The fraction of sp³-hybridized carbons (Fsp3) is 0.561. The van der Waals surface area contributed by atoms with Gasteiger partial charge in [0.05, 0.1) is 19.8 Å². The molecule has 3 atom stereocenters. The molecule has 0 fully saturated rings. The van der Waals surface area contributed by atoms with Gasteiger partial charge < -0.3 is 24.2 Å². The van der Waals surface area contributed by atoms with Gasteiger partial charge >= 0.3 is 25.7 Å². The molecule has 11 nitrogen and oxygen atoms in total. The Bertz CT molecular complexity index is 1910. The summed E-state index contributed by atoms with van der Waals surface area (Å²) in [5, 5.41) is 9.80. The quantitative estimate of drug-likeness (QED) is 0.0197. The predicted octanol–water partition coefficient (Wildman–Crippen LogP) is 17.7. The molecular formula is C66H103O11P. The summed E-state index contributed by atoms with van der Waals surface area (Å²) in [6.07, 6.45) is 76.5. The van der Waals surface area contributed by atoms with Crippen LogP contribution in [0.25, 0.3) is 0 Å². The van der Waals surface area contributed by atoms with Crippen LogP contribution in [0.3, 0.4) is 0 Å². The van der Waals surface area contributed by atoms with Gasteiger partial charge in [-0.05, 0) is 128 Å². The molecular weight excluding hydrogens is 1000 g/mol. The number of carbonyl (C=O) groups excluding carboxylic acids is 3. The summed E-state index contributed by atoms with van der Waals surface area (Å²) < 4.78 is 39.4. The maximum atomic E-state index is 12.9. The molecule has 0 aromatic rings. The number of hydrogen-bond donors (Lipinski definition) is 2. The van der Waals surface area contributed by atoms with Crippen molar-refractivity contribution in [2.75, 3.05) is 26.4 Å². The zero-order valence-electron chi connectivity index (χ0n) is 48.3. The van der Waals surface area contributed by atoms with E-state index in [-0.39, 0.29) is 25.9 Å². The Morgan fingerprint density at radius 2 is 0.654 bits per heavy atom. The summed E-state index contributed by atoms with van der Waals surface area (Å²) in [6.45, 7) is 4.14. The SMILES string of the molecule is CC/C=C\C/C=C\C/C=C\C/C=C\C/C=C\CCCCCC(=O)OC(COC(=O)CCCCCCCC/C=C\C/C=C\C/C=C\C/C=C\CC)COP(=O)(O)OCC(CO)OC(=O)CC/C=C\C/C=C\C/C=C\C/C=C\CC. The van der Waals surface area contributed by atoms with Crippen LogP contribution in [0.1, 0.15) is 201 Å². The number of carbonyl (C=O) groups is 3. The van der Waals surface area contributed by atoms with E-state index in [2.05, 4.69) is 161 Å². The Labute approximate surface area is 473 Å². The van der Waals surface area contributed by atoms with E-state index in [1.807, 2.05) is 18.2 Å². The largest absolute Gasteiger partial charge is 0.472 e. The minimum absolute atomic E-state index is 0.0435. The predicted molar refractivity (Wildman–Crippen MR) is 325 cm³/mol. The molecule has 0 aromatic heterocycles. The number of esters is 3. The molecule has 0 rings (SSSR count). The van der Waals surface area contributed by atoms with Crippen molar-refractivity contribution in [1.82, 2.24) is 0 Å². The first kappa shape index (κ1) is 73.1. The maximum Gasteiger partial charge on any atom is 0.472 e. The van der Waals surface area contributed by atoms with Gasteiger partial charge in [-0.25, -0.2) is 4.57 Å². The van der Waals surface area contributed by atoms with E-state index in [1.165, 1.54) is 0 Å². The number of aliphatic hydroxyl groups excluding tert-OH is 1. The number of rotatable bonds is 52. The smallest absolute Gasteiger partial charge is 0.462 e. The van der Waals surface area contributed by atoms with Crippen LogP contribution >= 0.6 is 7.82 Å². The second-order valence-electron chi connectivity index (χ2n) is 18.7. The van der Waals surface area contributed by atoms with Crippen LogP contribution in [-0.2, 0) is 42.2 Å². The average Bonchev–Trinajstić information content (AvgIpc) is 3.43. The first-order valence-electron chi connectivity index (χ1n) is 29.4. The van der Waals surface area contributed by atoms with Crippen LogP contribution in [0.4, 0.5) is 0 Å². The van der Waals surface area contributed by atoms with Crippen molar-refractivity contribution in [3.05, 3.63) is 158 Å². The Balaban J connectivity index is 4.90. The Kier molecular flexibility index (Phi) is 54.6. The van der Waals surface area contributed by atoms with Gasteiger partial charge in [-0.3, -0.25) is 23.4 Å². The molecule has 0 aromatic carbocycles. The second kappa shape index (κ2) is 58.3. The number of hydrogen-bond acceptors (Lipinski definition) is 10. The first-order chi connectivity index (χ1) is 38.2. The summed E-state index contributed by atoms with van der Waals surface area (Å²) in [5.41, 5.74) is 0. The maximum absolute atomic E-state index is 12.9. The highest BCUT2D eigenvalue weighted by molar-refractivity contribution is 7.47. The van der Waals surface area contributed by atoms with Crippen molar-refractivity contribution in [1.29, 1.82) is 0 Å². The second-order valence-corrected chi connectivity index (χ2v) is 20.1. The molecule has 0 spiro atoms. The first-order valence-corrected chi connectivity index (χ1v) is 30.9. The lowest BCUT2D eigenvalue weighted by atomic mass is 10.1. The summed E-state index contributed by atoms with van der Waals surface area (Å²) in [7, 11) is -4.79. The van der Waals surface area contributed by atoms with Crippen molar-refractivity contribution in [2.45, 2.75) is 213 Å². The van der Waals surface area contributed by atoms with E-state index in [0.29, 0.717) is 19.3 Å². The standard InChI is InChI=1S/C66H103O11P/c1-4-7-10-13-16-19-22-25-27-29-31-33-35-38-40-43-46-49-52-55-64(68)73-59-63(77-66(70)57-54-51-48-45-42-39-36-34-32-30-28-26-23-20-17-14-11-8-5-2)61-75-78(71,72)74-60-62(58-67)76-65(69)56-53-50-47-44-41-37-24-21-18-15-12-9-6-3/h7-12,16-21,25-28,31-34,37,39,41-42,47,50,62-63,67H,4-6,13-15,22-24,29-30,35-36,38,40,43-46,48-49,51-61H2,1-3H3,(H,71,72)/b10-7-,11-8-,12-9-,19-16-,20-17-,21-18-,27-25-,28-26-,33-31-,34-32-,41-37-,42-39-,50-47-. The number of ether oxygens (including phenoxy) is 3. The molecule has 2 N–H and O–H groups in total. The summed E-state index contributed by atoms with van der Waals surface area (Å²) in [5.74, 6) is -1.63. The minimum Gasteiger partial charge on any atom is -0.462 e. The van der Waals surface area contributed by atoms with Gasteiger partial charge in [0.2, 0.25) is 0 Å². The Hall–Kier alpha value is -4.90. The van der Waals surface area contributed by atoms with Gasteiger partial charge in [-0.1, -0.05) is 211 Å². The van der Waals surface area contributed by atoms with Gasteiger partial charge in [-0.2, -0.15) is 0 Å². The minimum atomic E-state index is -4.79. The van der Waals surface area contributed by atoms with Gasteiger partial charge in [0.1, 0.15) is 12.7 Å². The molecule has 3 unspecified atom stereocenters. The topological polar surface area (TPSA) is 155 Å². The highest BCUT2D eigenvalue weighted by Gasteiger charge is 2.28. The van der Waals surface area contributed by atoms with Crippen LogP contribution in [0.2, 0.25) is 0 Å². The number of allylic oxidation sites excluding steroid dienone is 26. The molecule has 0 radical (unpaired) electrons. The fourth-order valence-electron chi connectivity index (χ4n) is 7.09. The van der Waals surface area contributed by atoms with Crippen LogP contribution in [0, 0.1) is 0 Å². The third kappa shape index (κ3) is 55.8. The van der Waals surface area contributed by atoms with Crippen LogP contribution in [-0.4, -0.2) is 66.5 Å². The fourth-order valence-corrected chi connectivity index (χ4v) is 7.88. The van der Waals surface area contributed by atoms with E-state index >= 15 is 0 Å². The zero-order valence-corrected chi connectivity index (χ0v) is 49.2. The molecule has 0 saturated heterocycles. The summed E-state index contributed by atoms with van der Waals surface area (Å²) >= 11 is 0. The molecule has 438 valence electrons. The molecule has 12 heteroatoms. The van der Waals surface area contributed by atoms with Crippen LogP contribution < -0.4 is 0 Å². The van der Waals surface area contributed by atoms with Crippen LogP contribution in [0.5, 0.6) is 0 Å². The van der Waals surface area contributed by atoms with Gasteiger partial charge in [0.15, 0.2) is 6.10 Å². The molecule has 0 bridgehead atoms. The number of aliphatic hydroxyl groups is 1. The monoisotopic (exact) mass is 1100 g/mol. The Morgan fingerprint density at radius 1 is 0.359 bits per heavy atom. The van der Waals surface area contributed by atoms with Gasteiger partial charge in [-0.15, -0.1) is 0 Å². The zero-order chi connectivity index (χ0) is 56.9. The van der Waals surface area contributed by atoms with E-state index < -0.39 is 57.8 Å². The lowest BCUT2D eigenvalue weighted by Gasteiger charge is -2.21. The number of unbranched alkanes of at least 4 members (excludes halogenated alkanes) is 9. The van der Waals surface area contributed by atoms with E-state index in [1.54, 1.807) is 0 Å². The molecule has 0 saturated carbocycles. The molecule has 0 heterocycles. The van der Waals surface area contributed by atoms with Crippen LogP contribution in [0.15, 0.2) is 158 Å². The summed E-state index contributed by atoms with van der Waals surface area (Å²) in [4.78, 5) is 48.6. The third-order valence-electron chi connectivity index (χ3n) is 11.4. The highest BCUT2D eigenvalue weighted by Crippen LogP contribution is 2.43. The van der Waals surface area contributed by atoms with Crippen molar-refractivity contribution in [3.8, 4) is 0 Å².